The number of carbonyl (C=O) groups is 1. The maximum atomic E-state index is 13.1. The van der Waals surface area contributed by atoms with Crippen LogP contribution in [-0.4, -0.2) is 32.1 Å². The molecule has 138 valence electrons. The van der Waals surface area contributed by atoms with Crippen LogP contribution >= 0.6 is 0 Å². The summed E-state index contributed by atoms with van der Waals surface area (Å²) in [6.45, 7) is 7.70. The number of piperazine rings is 1. The van der Waals surface area contributed by atoms with E-state index in [1.807, 2.05) is 38.1 Å². The average molecular weight is 355 g/mol. The molecule has 1 N–H and O–H groups in total. The fourth-order valence-corrected chi connectivity index (χ4v) is 3.21. The van der Waals surface area contributed by atoms with Crippen molar-refractivity contribution >= 4 is 23.0 Å². The molecule has 1 saturated heterocycles. The first-order chi connectivity index (χ1) is 12.5. The van der Waals surface area contributed by atoms with Gasteiger partial charge in [0, 0.05) is 49.7 Å². The molecule has 2 aromatic rings. The Kier molecular flexibility index (Phi) is 5.76. The van der Waals surface area contributed by atoms with Gasteiger partial charge in [0.25, 0.3) is 0 Å². The molecule has 0 radical (unpaired) electrons. The molecule has 1 heterocycles. The fourth-order valence-electron chi connectivity index (χ4n) is 3.21. The van der Waals surface area contributed by atoms with Gasteiger partial charge in [-0.2, -0.15) is 0 Å². The second-order valence-corrected chi connectivity index (χ2v) is 7.14. The van der Waals surface area contributed by atoms with Crippen LogP contribution in [0.25, 0.3) is 0 Å². The molecule has 1 aliphatic heterocycles. The highest BCUT2D eigenvalue weighted by Crippen LogP contribution is 2.22. The van der Waals surface area contributed by atoms with Gasteiger partial charge in [-0.25, -0.2) is 4.39 Å². The van der Waals surface area contributed by atoms with Crippen LogP contribution in [0.3, 0.4) is 0 Å². The van der Waals surface area contributed by atoms with Gasteiger partial charge in [-0.1, -0.05) is 13.8 Å². The summed E-state index contributed by atoms with van der Waals surface area (Å²) in [6, 6.07) is 14.7. The summed E-state index contributed by atoms with van der Waals surface area (Å²) < 4.78 is 13.1. The van der Waals surface area contributed by atoms with Crippen molar-refractivity contribution in [1.82, 2.24) is 0 Å². The van der Waals surface area contributed by atoms with Gasteiger partial charge in [0.15, 0.2) is 0 Å². The van der Waals surface area contributed by atoms with Crippen LogP contribution in [0.1, 0.15) is 20.3 Å². The molecule has 0 atom stereocenters. The zero-order valence-corrected chi connectivity index (χ0v) is 15.4. The van der Waals surface area contributed by atoms with Crippen LogP contribution in [0.15, 0.2) is 48.5 Å². The molecule has 4 nitrogen and oxygen atoms in total. The van der Waals surface area contributed by atoms with Crippen LogP contribution in [-0.2, 0) is 4.79 Å². The van der Waals surface area contributed by atoms with Crippen molar-refractivity contribution in [2.24, 2.45) is 5.92 Å². The normalized spacial score (nSPS) is 14.6. The maximum absolute atomic E-state index is 13.1. The van der Waals surface area contributed by atoms with Crippen molar-refractivity contribution in [3.8, 4) is 0 Å². The minimum absolute atomic E-state index is 0.0562. The van der Waals surface area contributed by atoms with Crippen molar-refractivity contribution in [2.45, 2.75) is 20.3 Å². The molecule has 1 amide bonds. The smallest absolute Gasteiger partial charge is 0.224 e. The lowest BCUT2D eigenvalue weighted by molar-refractivity contribution is -0.116. The van der Waals surface area contributed by atoms with E-state index in [0.717, 1.165) is 43.2 Å². The maximum Gasteiger partial charge on any atom is 0.224 e. The number of hydrogen-bond donors (Lipinski definition) is 1. The van der Waals surface area contributed by atoms with Crippen LogP contribution < -0.4 is 15.1 Å². The summed E-state index contributed by atoms with van der Waals surface area (Å²) in [6.07, 6.45) is 0.535. The van der Waals surface area contributed by atoms with E-state index in [2.05, 4.69) is 27.2 Å². The summed E-state index contributed by atoms with van der Waals surface area (Å²) in [4.78, 5) is 16.5. The van der Waals surface area contributed by atoms with E-state index < -0.39 is 0 Å². The Balaban J connectivity index is 1.54. The van der Waals surface area contributed by atoms with Gasteiger partial charge < -0.3 is 15.1 Å². The predicted molar refractivity (Wildman–Crippen MR) is 105 cm³/mol. The summed E-state index contributed by atoms with van der Waals surface area (Å²) in [7, 11) is 0. The van der Waals surface area contributed by atoms with E-state index in [0.29, 0.717) is 12.3 Å². The molecule has 5 heteroatoms. The third-order valence-electron chi connectivity index (χ3n) is 4.58. The first-order valence-electron chi connectivity index (χ1n) is 9.16. The van der Waals surface area contributed by atoms with Gasteiger partial charge in [0.05, 0.1) is 0 Å². The highest BCUT2D eigenvalue weighted by molar-refractivity contribution is 5.91. The Morgan fingerprint density at radius 2 is 1.38 bits per heavy atom. The SMILES string of the molecule is CC(C)CC(=O)Nc1ccc(N2CCN(c3ccc(F)cc3)CC2)cc1. The van der Waals surface area contributed by atoms with E-state index >= 15 is 0 Å². The zero-order valence-electron chi connectivity index (χ0n) is 15.4. The predicted octanol–water partition coefficient (Wildman–Crippen LogP) is 4.14. The molecule has 0 aromatic heterocycles. The average Bonchev–Trinajstić information content (AvgIpc) is 2.62. The number of amides is 1. The highest BCUT2D eigenvalue weighted by atomic mass is 19.1. The molecule has 0 aliphatic carbocycles. The summed E-state index contributed by atoms with van der Waals surface area (Å²) in [5.41, 5.74) is 3.06. The fraction of sp³-hybridized carbons (Fsp3) is 0.381. The molecule has 0 bridgehead atoms. The monoisotopic (exact) mass is 355 g/mol. The summed E-state index contributed by atoms with van der Waals surface area (Å²) >= 11 is 0. The quantitative estimate of drug-likeness (QED) is 0.876. The molecular formula is C21H26FN3O. The number of rotatable bonds is 5. The number of carbonyl (C=O) groups excluding carboxylic acids is 1. The zero-order chi connectivity index (χ0) is 18.5. The van der Waals surface area contributed by atoms with Gasteiger partial charge in [-0.15, -0.1) is 0 Å². The number of benzene rings is 2. The standard InChI is InChI=1S/C21H26FN3O/c1-16(2)15-21(26)23-18-5-9-20(10-6-18)25-13-11-24(12-14-25)19-7-3-17(22)4-8-19/h3-10,16H,11-15H2,1-2H3,(H,23,26). The number of nitrogens with one attached hydrogen (secondary N) is 1. The topological polar surface area (TPSA) is 35.6 Å². The number of nitrogens with zero attached hydrogens (tertiary/aromatic N) is 2. The van der Waals surface area contributed by atoms with Crippen LogP contribution in [0.4, 0.5) is 21.5 Å². The minimum atomic E-state index is -0.201. The number of hydrogen-bond acceptors (Lipinski definition) is 3. The molecule has 0 saturated carbocycles. The molecule has 1 fully saturated rings. The Bertz CT molecular complexity index is 720. The second-order valence-electron chi connectivity index (χ2n) is 7.14. The van der Waals surface area contributed by atoms with Crippen molar-refractivity contribution in [3.05, 3.63) is 54.3 Å². The van der Waals surface area contributed by atoms with Gasteiger partial charge in [0.2, 0.25) is 5.91 Å². The van der Waals surface area contributed by atoms with E-state index in [9.17, 15) is 9.18 Å². The molecule has 0 spiro atoms. The second kappa shape index (κ2) is 8.21. The first kappa shape index (κ1) is 18.2. The molecule has 26 heavy (non-hydrogen) atoms. The Labute approximate surface area is 154 Å². The van der Waals surface area contributed by atoms with E-state index in [1.54, 1.807) is 0 Å². The van der Waals surface area contributed by atoms with Crippen molar-refractivity contribution in [1.29, 1.82) is 0 Å². The summed E-state index contributed by atoms with van der Waals surface area (Å²) in [5, 5.41) is 2.94. The van der Waals surface area contributed by atoms with E-state index in [4.69, 9.17) is 0 Å². The van der Waals surface area contributed by atoms with Gasteiger partial charge in [0.1, 0.15) is 5.82 Å². The molecule has 0 unspecified atom stereocenters. The lowest BCUT2D eigenvalue weighted by Crippen LogP contribution is -2.46. The lowest BCUT2D eigenvalue weighted by Gasteiger charge is -2.37. The number of anilines is 3. The van der Waals surface area contributed by atoms with Crippen LogP contribution in [0.5, 0.6) is 0 Å². The van der Waals surface area contributed by atoms with Crippen molar-refractivity contribution in [2.75, 3.05) is 41.3 Å². The van der Waals surface area contributed by atoms with Gasteiger partial charge in [-0.3, -0.25) is 4.79 Å². The Morgan fingerprint density at radius 1 is 0.923 bits per heavy atom. The molecule has 1 aliphatic rings. The first-order valence-corrected chi connectivity index (χ1v) is 9.16. The molecule has 2 aromatic carbocycles. The Hall–Kier alpha value is -2.56. The highest BCUT2D eigenvalue weighted by Gasteiger charge is 2.17. The Morgan fingerprint density at radius 3 is 1.85 bits per heavy atom. The molecular weight excluding hydrogens is 329 g/mol. The molecule has 3 rings (SSSR count). The summed E-state index contributed by atoms with van der Waals surface area (Å²) in [5.74, 6) is 0.209. The lowest BCUT2D eigenvalue weighted by atomic mass is 10.1. The number of halogens is 1. The third-order valence-corrected chi connectivity index (χ3v) is 4.58. The van der Waals surface area contributed by atoms with Crippen LogP contribution in [0.2, 0.25) is 0 Å². The van der Waals surface area contributed by atoms with Crippen molar-refractivity contribution in [3.63, 3.8) is 0 Å². The van der Waals surface area contributed by atoms with E-state index in [1.165, 1.54) is 12.1 Å². The third kappa shape index (κ3) is 4.75. The van der Waals surface area contributed by atoms with Crippen molar-refractivity contribution < 1.29 is 9.18 Å². The minimum Gasteiger partial charge on any atom is -0.368 e. The van der Waals surface area contributed by atoms with Gasteiger partial charge >= 0.3 is 0 Å². The largest absolute Gasteiger partial charge is 0.368 e. The van der Waals surface area contributed by atoms with Gasteiger partial charge in [-0.05, 0) is 54.4 Å². The van der Waals surface area contributed by atoms with E-state index in [-0.39, 0.29) is 11.7 Å². The van der Waals surface area contributed by atoms with Crippen LogP contribution in [0, 0.1) is 11.7 Å².